The van der Waals surface area contributed by atoms with E-state index in [0.29, 0.717) is 11.3 Å². The summed E-state index contributed by atoms with van der Waals surface area (Å²) in [5, 5.41) is 13.2. The first-order valence-corrected chi connectivity index (χ1v) is 7.90. The molecule has 0 saturated heterocycles. The molecular formula is C19H21N3O2. The first kappa shape index (κ1) is 16.2. The summed E-state index contributed by atoms with van der Waals surface area (Å²) in [7, 11) is 0. The molecule has 1 aromatic heterocycles. The predicted octanol–water partition coefficient (Wildman–Crippen LogP) is 2.86. The molecule has 0 aliphatic carbocycles. The quantitative estimate of drug-likeness (QED) is 0.689. The fraction of sp³-hybridized carbons (Fsp3) is 0.263. The molecule has 0 spiro atoms. The average Bonchev–Trinajstić information content (AvgIpc) is 3.07. The van der Waals surface area contributed by atoms with E-state index in [1.165, 1.54) is 0 Å². The number of aryl methyl sites for hydroxylation is 1. The number of amides is 1. The number of nitrogens with zero attached hydrogens (tertiary/aromatic N) is 1. The number of rotatable bonds is 4. The molecule has 0 saturated carbocycles. The van der Waals surface area contributed by atoms with E-state index in [4.69, 9.17) is 5.73 Å². The summed E-state index contributed by atoms with van der Waals surface area (Å²) in [6.07, 6.45) is 3.28. The van der Waals surface area contributed by atoms with Crippen LogP contribution in [0.4, 0.5) is 0 Å². The highest BCUT2D eigenvalue weighted by Gasteiger charge is 2.37. The number of carbonyl (C=O) groups excluding carboxylic acids is 1. The standard InChI is InChI=1S/C19H21N3O2/c1-11(2)19(24,17-9-21-10-22-17)15-5-4-13-8-16(18(20)23)12(3)6-14(13)7-15/h4-11,24H,1-3H3,(H2,20,23)(H,21,22). The van der Waals surface area contributed by atoms with Crippen LogP contribution in [-0.2, 0) is 5.60 Å². The molecule has 0 radical (unpaired) electrons. The summed E-state index contributed by atoms with van der Waals surface area (Å²) >= 11 is 0. The maximum atomic E-state index is 11.5. The second kappa shape index (κ2) is 5.76. The van der Waals surface area contributed by atoms with E-state index in [0.717, 1.165) is 21.9 Å². The highest BCUT2D eigenvalue weighted by Crippen LogP contribution is 2.37. The monoisotopic (exact) mass is 323 g/mol. The van der Waals surface area contributed by atoms with Gasteiger partial charge in [-0.05, 0) is 46.9 Å². The lowest BCUT2D eigenvalue weighted by molar-refractivity contribution is 0.0280. The minimum absolute atomic E-state index is 0.0655. The van der Waals surface area contributed by atoms with E-state index >= 15 is 0 Å². The van der Waals surface area contributed by atoms with Crippen molar-refractivity contribution < 1.29 is 9.90 Å². The first-order valence-electron chi connectivity index (χ1n) is 7.90. The summed E-state index contributed by atoms with van der Waals surface area (Å²) in [6, 6.07) is 9.43. The maximum absolute atomic E-state index is 11.5. The largest absolute Gasteiger partial charge is 0.378 e. The van der Waals surface area contributed by atoms with Crippen molar-refractivity contribution in [3.8, 4) is 0 Å². The van der Waals surface area contributed by atoms with E-state index in [1.807, 2.05) is 45.0 Å². The van der Waals surface area contributed by atoms with Crippen LogP contribution in [-0.4, -0.2) is 21.0 Å². The molecule has 1 unspecified atom stereocenters. The van der Waals surface area contributed by atoms with Gasteiger partial charge in [-0.3, -0.25) is 4.79 Å². The van der Waals surface area contributed by atoms with Crippen LogP contribution < -0.4 is 5.73 Å². The number of hydrogen-bond donors (Lipinski definition) is 3. The molecule has 0 bridgehead atoms. The van der Waals surface area contributed by atoms with Crippen molar-refractivity contribution >= 4 is 16.7 Å². The Labute approximate surface area is 140 Å². The van der Waals surface area contributed by atoms with Gasteiger partial charge in [0.15, 0.2) is 0 Å². The molecule has 0 aliphatic heterocycles. The lowest BCUT2D eigenvalue weighted by Crippen LogP contribution is -2.33. The van der Waals surface area contributed by atoms with Crippen LogP contribution in [0.3, 0.4) is 0 Å². The Kier molecular flexibility index (Phi) is 3.89. The minimum atomic E-state index is -1.19. The zero-order valence-electron chi connectivity index (χ0n) is 14.0. The van der Waals surface area contributed by atoms with Gasteiger partial charge in [0.05, 0.1) is 12.0 Å². The van der Waals surface area contributed by atoms with Gasteiger partial charge in [-0.25, -0.2) is 4.98 Å². The topological polar surface area (TPSA) is 92.0 Å². The number of fused-ring (bicyclic) bond motifs is 1. The Morgan fingerprint density at radius 3 is 2.58 bits per heavy atom. The molecule has 2 aromatic carbocycles. The number of imidazole rings is 1. The highest BCUT2D eigenvalue weighted by atomic mass is 16.3. The summed E-state index contributed by atoms with van der Waals surface area (Å²) in [5.41, 5.74) is 6.92. The van der Waals surface area contributed by atoms with Gasteiger partial charge in [0.1, 0.15) is 5.60 Å². The van der Waals surface area contributed by atoms with Gasteiger partial charge >= 0.3 is 0 Å². The second-order valence-corrected chi connectivity index (χ2v) is 6.47. The molecule has 5 heteroatoms. The number of hydrogen-bond acceptors (Lipinski definition) is 3. The number of H-pyrrole nitrogens is 1. The van der Waals surface area contributed by atoms with Crippen molar-refractivity contribution in [1.29, 1.82) is 0 Å². The molecule has 4 N–H and O–H groups in total. The molecule has 0 fully saturated rings. The van der Waals surface area contributed by atoms with Crippen LogP contribution in [0.15, 0.2) is 42.9 Å². The molecule has 1 heterocycles. The third-order valence-electron chi connectivity index (χ3n) is 4.61. The third kappa shape index (κ3) is 2.47. The number of aliphatic hydroxyl groups is 1. The third-order valence-corrected chi connectivity index (χ3v) is 4.61. The Hall–Kier alpha value is -2.66. The van der Waals surface area contributed by atoms with Crippen molar-refractivity contribution in [3.05, 3.63) is 65.2 Å². The molecule has 1 amide bonds. The maximum Gasteiger partial charge on any atom is 0.248 e. The summed E-state index contributed by atoms with van der Waals surface area (Å²) in [4.78, 5) is 18.7. The van der Waals surface area contributed by atoms with Crippen LogP contribution >= 0.6 is 0 Å². The zero-order chi connectivity index (χ0) is 17.5. The SMILES string of the molecule is Cc1cc2cc(C(O)(c3c[nH]cn3)C(C)C)ccc2cc1C(N)=O. The molecule has 124 valence electrons. The summed E-state index contributed by atoms with van der Waals surface area (Å²) in [5.74, 6) is -0.502. The number of primary amides is 1. The van der Waals surface area contributed by atoms with Crippen LogP contribution in [0, 0.1) is 12.8 Å². The van der Waals surface area contributed by atoms with E-state index < -0.39 is 11.5 Å². The minimum Gasteiger partial charge on any atom is -0.378 e. The Balaban J connectivity index is 2.20. The number of aromatic amines is 1. The molecule has 24 heavy (non-hydrogen) atoms. The smallest absolute Gasteiger partial charge is 0.248 e. The molecular weight excluding hydrogens is 302 g/mol. The van der Waals surface area contributed by atoms with Crippen molar-refractivity contribution in [2.75, 3.05) is 0 Å². The van der Waals surface area contributed by atoms with Gasteiger partial charge in [0.2, 0.25) is 5.91 Å². The van der Waals surface area contributed by atoms with Crippen molar-refractivity contribution in [2.45, 2.75) is 26.4 Å². The van der Waals surface area contributed by atoms with Crippen LogP contribution in [0.25, 0.3) is 10.8 Å². The first-order chi connectivity index (χ1) is 11.3. The van der Waals surface area contributed by atoms with E-state index in [-0.39, 0.29) is 5.92 Å². The number of nitrogens with two attached hydrogens (primary N) is 1. The fourth-order valence-electron chi connectivity index (χ4n) is 3.16. The predicted molar refractivity (Wildman–Crippen MR) is 93.6 cm³/mol. The summed E-state index contributed by atoms with van der Waals surface area (Å²) < 4.78 is 0. The van der Waals surface area contributed by atoms with Crippen LogP contribution in [0.1, 0.15) is 41.0 Å². The number of benzene rings is 2. The van der Waals surface area contributed by atoms with Gasteiger partial charge in [-0.15, -0.1) is 0 Å². The molecule has 1 atom stereocenters. The second-order valence-electron chi connectivity index (χ2n) is 6.47. The lowest BCUT2D eigenvalue weighted by Gasteiger charge is -2.31. The number of carbonyl (C=O) groups is 1. The molecule has 3 aromatic rings. The van der Waals surface area contributed by atoms with E-state index in [9.17, 15) is 9.90 Å². The van der Waals surface area contributed by atoms with Gasteiger partial charge in [-0.1, -0.05) is 32.0 Å². The average molecular weight is 323 g/mol. The van der Waals surface area contributed by atoms with Crippen molar-refractivity contribution in [3.63, 3.8) is 0 Å². The van der Waals surface area contributed by atoms with Crippen molar-refractivity contribution in [2.24, 2.45) is 11.7 Å². The van der Waals surface area contributed by atoms with Gasteiger partial charge in [0, 0.05) is 11.8 Å². The zero-order valence-corrected chi connectivity index (χ0v) is 14.0. The van der Waals surface area contributed by atoms with Crippen LogP contribution in [0.2, 0.25) is 0 Å². The van der Waals surface area contributed by atoms with Gasteiger partial charge in [-0.2, -0.15) is 0 Å². The lowest BCUT2D eigenvalue weighted by atomic mass is 9.80. The highest BCUT2D eigenvalue weighted by molar-refractivity contribution is 5.99. The normalized spacial score (nSPS) is 14.0. The summed E-state index contributed by atoms with van der Waals surface area (Å²) in [6.45, 7) is 5.77. The molecule has 5 nitrogen and oxygen atoms in total. The number of nitrogens with one attached hydrogen (secondary N) is 1. The Bertz CT molecular complexity index is 900. The molecule has 0 aliphatic rings. The van der Waals surface area contributed by atoms with Gasteiger partial charge in [0.25, 0.3) is 0 Å². The molecule has 3 rings (SSSR count). The Morgan fingerprint density at radius 2 is 2.00 bits per heavy atom. The van der Waals surface area contributed by atoms with E-state index in [2.05, 4.69) is 9.97 Å². The van der Waals surface area contributed by atoms with Gasteiger partial charge < -0.3 is 15.8 Å². The van der Waals surface area contributed by atoms with Crippen LogP contribution in [0.5, 0.6) is 0 Å². The fourth-order valence-corrected chi connectivity index (χ4v) is 3.16. The Morgan fingerprint density at radius 1 is 1.25 bits per heavy atom. The van der Waals surface area contributed by atoms with E-state index in [1.54, 1.807) is 18.6 Å². The van der Waals surface area contributed by atoms with Crippen molar-refractivity contribution in [1.82, 2.24) is 9.97 Å². The number of aromatic nitrogens is 2.